The molecule has 112 valence electrons. The highest BCUT2D eigenvalue weighted by Crippen LogP contribution is 2.19. The van der Waals surface area contributed by atoms with Crippen molar-refractivity contribution in [3.8, 4) is 5.75 Å². The molecular formula is C16H27N3O. The van der Waals surface area contributed by atoms with E-state index in [1.54, 1.807) is 7.11 Å². The second-order valence-electron chi connectivity index (χ2n) is 4.78. The summed E-state index contributed by atoms with van der Waals surface area (Å²) < 4.78 is 5.34. The molecule has 0 heterocycles. The third kappa shape index (κ3) is 5.51. The molecule has 0 aromatic heterocycles. The molecule has 0 aliphatic carbocycles. The van der Waals surface area contributed by atoms with E-state index in [4.69, 9.17) is 4.74 Å². The van der Waals surface area contributed by atoms with Crippen molar-refractivity contribution in [2.45, 2.75) is 40.2 Å². The van der Waals surface area contributed by atoms with Gasteiger partial charge in [0, 0.05) is 13.1 Å². The Bertz CT molecular complexity index is 430. The van der Waals surface area contributed by atoms with Gasteiger partial charge in [0.2, 0.25) is 0 Å². The molecule has 4 nitrogen and oxygen atoms in total. The first-order valence-corrected chi connectivity index (χ1v) is 7.37. The summed E-state index contributed by atoms with van der Waals surface area (Å²) >= 11 is 0. The average Bonchev–Trinajstić information content (AvgIpc) is 2.46. The minimum atomic E-state index is 0.651. The molecule has 0 aliphatic heterocycles. The summed E-state index contributed by atoms with van der Waals surface area (Å²) in [6, 6.07) is 6.21. The van der Waals surface area contributed by atoms with Crippen molar-refractivity contribution in [2.24, 2.45) is 4.99 Å². The van der Waals surface area contributed by atoms with Crippen LogP contribution < -0.4 is 15.4 Å². The minimum Gasteiger partial charge on any atom is -0.496 e. The maximum atomic E-state index is 5.34. The van der Waals surface area contributed by atoms with Crippen molar-refractivity contribution in [1.29, 1.82) is 0 Å². The van der Waals surface area contributed by atoms with Crippen molar-refractivity contribution in [1.82, 2.24) is 10.6 Å². The Labute approximate surface area is 122 Å². The fraction of sp³-hybridized carbons (Fsp3) is 0.562. The number of aliphatic imine (C=N–C) groups is 1. The van der Waals surface area contributed by atoms with E-state index < -0.39 is 0 Å². The van der Waals surface area contributed by atoms with Gasteiger partial charge < -0.3 is 15.4 Å². The predicted octanol–water partition coefficient (Wildman–Crippen LogP) is 2.86. The van der Waals surface area contributed by atoms with Crippen molar-refractivity contribution in [3.05, 3.63) is 29.3 Å². The normalized spacial score (nSPS) is 11.3. The molecule has 0 radical (unpaired) electrons. The molecule has 1 aromatic carbocycles. The van der Waals surface area contributed by atoms with Crippen LogP contribution in [-0.4, -0.2) is 26.2 Å². The van der Waals surface area contributed by atoms with Crippen LogP contribution in [0.3, 0.4) is 0 Å². The molecule has 0 bridgehead atoms. The predicted molar refractivity (Wildman–Crippen MR) is 85.5 cm³/mol. The van der Waals surface area contributed by atoms with E-state index in [0.717, 1.165) is 42.3 Å². The fourth-order valence-electron chi connectivity index (χ4n) is 1.86. The van der Waals surface area contributed by atoms with Gasteiger partial charge in [-0.25, -0.2) is 4.99 Å². The first-order valence-electron chi connectivity index (χ1n) is 7.37. The topological polar surface area (TPSA) is 45.7 Å². The first kappa shape index (κ1) is 16.3. The van der Waals surface area contributed by atoms with Gasteiger partial charge in [-0.05, 0) is 37.5 Å². The molecule has 0 unspecified atom stereocenters. The monoisotopic (exact) mass is 277 g/mol. The number of hydrogen-bond donors (Lipinski definition) is 2. The van der Waals surface area contributed by atoms with E-state index in [1.807, 2.05) is 6.92 Å². The molecule has 0 spiro atoms. The zero-order valence-corrected chi connectivity index (χ0v) is 13.1. The zero-order valence-electron chi connectivity index (χ0n) is 13.1. The average molecular weight is 277 g/mol. The number of nitrogens with zero attached hydrogens (tertiary/aromatic N) is 1. The van der Waals surface area contributed by atoms with Gasteiger partial charge in [-0.3, -0.25) is 0 Å². The molecule has 1 rings (SSSR count). The molecule has 0 aliphatic rings. The number of benzene rings is 1. The molecule has 0 saturated heterocycles. The third-order valence-corrected chi connectivity index (χ3v) is 3.06. The Morgan fingerprint density at radius 1 is 1.25 bits per heavy atom. The number of ether oxygens (including phenoxy) is 1. The van der Waals surface area contributed by atoms with Crippen LogP contribution in [0.25, 0.3) is 0 Å². The second kappa shape index (κ2) is 9.23. The van der Waals surface area contributed by atoms with Gasteiger partial charge in [0.15, 0.2) is 5.96 Å². The van der Waals surface area contributed by atoms with Gasteiger partial charge in [-0.15, -0.1) is 0 Å². The number of hydrogen-bond acceptors (Lipinski definition) is 2. The largest absolute Gasteiger partial charge is 0.496 e. The molecule has 0 fully saturated rings. The van der Waals surface area contributed by atoms with Crippen LogP contribution in [0.4, 0.5) is 0 Å². The van der Waals surface area contributed by atoms with Crippen molar-refractivity contribution < 1.29 is 4.74 Å². The Kier molecular flexibility index (Phi) is 7.55. The lowest BCUT2D eigenvalue weighted by atomic mass is 10.1. The molecule has 0 atom stereocenters. The van der Waals surface area contributed by atoms with Gasteiger partial charge in [0.1, 0.15) is 5.75 Å². The Hall–Kier alpha value is -1.71. The van der Waals surface area contributed by atoms with E-state index >= 15 is 0 Å². The van der Waals surface area contributed by atoms with Crippen LogP contribution in [0.2, 0.25) is 0 Å². The third-order valence-electron chi connectivity index (χ3n) is 3.06. The van der Waals surface area contributed by atoms with Crippen LogP contribution in [0, 0.1) is 6.92 Å². The summed E-state index contributed by atoms with van der Waals surface area (Å²) in [5.74, 6) is 1.79. The maximum absolute atomic E-state index is 5.34. The highest BCUT2D eigenvalue weighted by Gasteiger charge is 2.01. The van der Waals surface area contributed by atoms with E-state index in [-0.39, 0.29) is 0 Å². The van der Waals surface area contributed by atoms with E-state index in [2.05, 4.69) is 47.7 Å². The highest BCUT2D eigenvalue weighted by molar-refractivity contribution is 5.79. The van der Waals surface area contributed by atoms with Gasteiger partial charge in [-0.2, -0.15) is 0 Å². The highest BCUT2D eigenvalue weighted by atomic mass is 16.5. The van der Waals surface area contributed by atoms with Crippen LogP contribution >= 0.6 is 0 Å². The number of unbranched alkanes of at least 4 members (excludes halogenated alkanes) is 1. The van der Waals surface area contributed by atoms with Crippen molar-refractivity contribution in [3.63, 3.8) is 0 Å². The van der Waals surface area contributed by atoms with Crippen LogP contribution in [0.15, 0.2) is 23.2 Å². The Balaban J connectivity index is 2.65. The Morgan fingerprint density at radius 2 is 2.05 bits per heavy atom. The summed E-state index contributed by atoms with van der Waals surface area (Å²) in [5.41, 5.74) is 2.30. The molecule has 1 aromatic rings. The summed E-state index contributed by atoms with van der Waals surface area (Å²) in [4.78, 5) is 4.60. The van der Waals surface area contributed by atoms with Crippen LogP contribution in [0.1, 0.15) is 37.8 Å². The molecule has 2 N–H and O–H groups in total. The maximum Gasteiger partial charge on any atom is 0.191 e. The van der Waals surface area contributed by atoms with Crippen molar-refractivity contribution >= 4 is 5.96 Å². The van der Waals surface area contributed by atoms with Gasteiger partial charge >= 0.3 is 0 Å². The quantitative estimate of drug-likeness (QED) is 0.457. The van der Waals surface area contributed by atoms with Crippen molar-refractivity contribution in [2.75, 3.05) is 20.2 Å². The number of methoxy groups -OCH3 is 1. The zero-order chi connectivity index (χ0) is 14.8. The SMILES string of the molecule is CCCCNC(=NCc1ccc(C)c(OC)c1)NCC. The number of nitrogens with one attached hydrogen (secondary N) is 2. The molecular weight excluding hydrogens is 250 g/mol. The van der Waals surface area contributed by atoms with Crippen LogP contribution in [0.5, 0.6) is 5.75 Å². The lowest BCUT2D eigenvalue weighted by molar-refractivity contribution is 0.411. The summed E-state index contributed by atoms with van der Waals surface area (Å²) in [5, 5.41) is 6.60. The lowest BCUT2D eigenvalue weighted by Crippen LogP contribution is -2.37. The number of aryl methyl sites for hydroxylation is 1. The van der Waals surface area contributed by atoms with Gasteiger partial charge in [-0.1, -0.05) is 25.5 Å². The minimum absolute atomic E-state index is 0.651. The summed E-state index contributed by atoms with van der Waals surface area (Å²) in [7, 11) is 1.70. The van der Waals surface area contributed by atoms with Crippen LogP contribution in [-0.2, 0) is 6.54 Å². The number of rotatable bonds is 7. The van der Waals surface area contributed by atoms with Gasteiger partial charge in [0.05, 0.1) is 13.7 Å². The Morgan fingerprint density at radius 3 is 2.70 bits per heavy atom. The lowest BCUT2D eigenvalue weighted by Gasteiger charge is -2.11. The standard InChI is InChI=1S/C16H27N3O/c1-5-7-10-18-16(17-6-2)19-12-14-9-8-13(3)15(11-14)20-4/h8-9,11H,5-7,10,12H2,1-4H3,(H2,17,18,19). The smallest absolute Gasteiger partial charge is 0.191 e. The first-order chi connectivity index (χ1) is 9.71. The van der Waals surface area contributed by atoms with E-state index in [9.17, 15) is 0 Å². The molecule has 0 saturated carbocycles. The fourth-order valence-corrected chi connectivity index (χ4v) is 1.86. The number of guanidine groups is 1. The second-order valence-corrected chi connectivity index (χ2v) is 4.78. The van der Waals surface area contributed by atoms with E-state index in [0.29, 0.717) is 6.54 Å². The summed E-state index contributed by atoms with van der Waals surface area (Å²) in [6.45, 7) is 8.78. The molecule has 20 heavy (non-hydrogen) atoms. The van der Waals surface area contributed by atoms with E-state index in [1.165, 1.54) is 6.42 Å². The molecule has 0 amide bonds. The summed E-state index contributed by atoms with van der Waals surface area (Å²) in [6.07, 6.45) is 2.34. The van der Waals surface area contributed by atoms with Gasteiger partial charge in [0.25, 0.3) is 0 Å². The molecule has 4 heteroatoms.